The van der Waals surface area contributed by atoms with Gasteiger partial charge in [-0.3, -0.25) is 0 Å². The highest BCUT2D eigenvalue weighted by Crippen LogP contribution is 2.16. The van der Waals surface area contributed by atoms with Crippen molar-refractivity contribution in [3.8, 4) is 5.75 Å². The number of hydrogen-bond acceptors (Lipinski definition) is 2. The summed E-state index contributed by atoms with van der Waals surface area (Å²) in [5, 5.41) is 3.25. The molecule has 82 valence electrons. The van der Waals surface area contributed by atoms with Crippen LogP contribution in [-0.2, 0) is 0 Å². The number of rotatable bonds is 6. The van der Waals surface area contributed by atoms with Crippen LogP contribution in [0.15, 0.2) is 36.4 Å². The van der Waals surface area contributed by atoms with Gasteiger partial charge in [-0.1, -0.05) is 18.2 Å². The highest BCUT2D eigenvalue weighted by atomic mass is 35.5. The summed E-state index contributed by atoms with van der Waals surface area (Å²) >= 11 is 5.52. The molecule has 0 atom stereocenters. The van der Waals surface area contributed by atoms with Crippen LogP contribution in [0.25, 0.3) is 0 Å². The number of anilines is 1. The molecule has 3 heteroatoms. The molecule has 1 aromatic carbocycles. The third-order valence-corrected chi connectivity index (χ3v) is 2.00. The van der Waals surface area contributed by atoms with Crippen LogP contribution in [0.4, 0.5) is 5.69 Å². The monoisotopic (exact) mass is 225 g/mol. The Bertz CT molecular complexity index is 312. The first-order valence-electron chi connectivity index (χ1n) is 5.04. The van der Waals surface area contributed by atoms with E-state index < -0.39 is 0 Å². The minimum atomic E-state index is 0.556. The van der Waals surface area contributed by atoms with E-state index in [0.717, 1.165) is 18.0 Å². The van der Waals surface area contributed by atoms with Crippen LogP contribution >= 0.6 is 11.6 Å². The van der Waals surface area contributed by atoms with Gasteiger partial charge >= 0.3 is 0 Å². The average Bonchev–Trinajstić information content (AvgIpc) is 2.26. The van der Waals surface area contributed by atoms with Crippen LogP contribution in [0.3, 0.4) is 0 Å². The van der Waals surface area contributed by atoms with Gasteiger partial charge in [-0.15, -0.1) is 11.6 Å². The van der Waals surface area contributed by atoms with Gasteiger partial charge in [0.15, 0.2) is 0 Å². The Morgan fingerprint density at radius 3 is 3.00 bits per heavy atom. The molecule has 0 saturated carbocycles. The van der Waals surface area contributed by atoms with Crippen molar-refractivity contribution >= 4 is 17.3 Å². The maximum absolute atomic E-state index is 5.52. The molecule has 0 aliphatic carbocycles. The standard InChI is InChI=1S/C12H16ClNO/c1-2-15-12-7-5-6-11(10-12)14-9-4-3-8-13/h3-7,10,14H,2,8-9H2,1H3/b4-3+. The van der Waals surface area contributed by atoms with Gasteiger partial charge in [0.05, 0.1) is 6.61 Å². The highest BCUT2D eigenvalue weighted by molar-refractivity contribution is 6.18. The first kappa shape index (κ1) is 11.9. The van der Waals surface area contributed by atoms with Crippen LogP contribution in [0, 0.1) is 0 Å². The molecule has 0 amide bonds. The second kappa shape index (κ2) is 7.18. The molecule has 1 N–H and O–H groups in total. The normalized spacial score (nSPS) is 10.5. The third kappa shape index (κ3) is 4.75. The smallest absolute Gasteiger partial charge is 0.121 e. The van der Waals surface area contributed by atoms with Crippen molar-refractivity contribution in [2.75, 3.05) is 24.3 Å². The van der Waals surface area contributed by atoms with E-state index in [1.807, 2.05) is 43.3 Å². The molecular weight excluding hydrogens is 210 g/mol. The van der Waals surface area contributed by atoms with E-state index in [0.29, 0.717) is 12.5 Å². The summed E-state index contributed by atoms with van der Waals surface area (Å²) in [6.45, 7) is 3.45. The summed E-state index contributed by atoms with van der Waals surface area (Å²) < 4.78 is 5.39. The zero-order valence-corrected chi connectivity index (χ0v) is 9.63. The summed E-state index contributed by atoms with van der Waals surface area (Å²) in [6.07, 6.45) is 3.92. The fraction of sp³-hybridized carbons (Fsp3) is 0.333. The third-order valence-electron chi connectivity index (χ3n) is 1.82. The van der Waals surface area contributed by atoms with Gasteiger partial charge in [-0.05, 0) is 19.1 Å². The van der Waals surface area contributed by atoms with Crippen molar-refractivity contribution in [3.63, 3.8) is 0 Å². The lowest BCUT2D eigenvalue weighted by Gasteiger charge is -2.06. The van der Waals surface area contributed by atoms with Gasteiger partial charge < -0.3 is 10.1 Å². The fourth-order valence-electron chi connectivity index (χ4n) is 1.19. The summed E-state index contributed by atoms with van der Waals surface area (Å²) in [5.41, 5.74) is 1.06. The quantitative estimate of drug-likeness (QED) is 0.593. The Morgan fingerprint density at radius 1 is 1.40 bits per heavy atom. The Hall–Kier alpha value is -1.15. The lowest BCUT2D eigenvalue weighted by atomic mass is 10.3. The highest BCUT2D eigenvalue weighted by Gasteiger charge is 1.93. The van der Waals surface area contributed by atoms with E-state index >= 15 is 0 Å². The van der Waals surface area contributed by atoms with Crippen molar-refractivity contribution in [3.05, 3.63) is 36.4 Å². The van der Waals surface area contributed by atoms with Gasteiger partial charge in [0, 0.05) is 24.2 Å². The van der Waals surface area contributed by atoms with Crippen molar-refractivity contribution < 1.29 is 4.74 Å². The first-order valence-corrected chi connectivity index (χ1v) is 5.58. The number of nitrogens with one attached hydrogen (secondary N) is 1. The topological polar surface area (TPSA) is 21.3 Å². The molecule has 0 fully saturated rings. The molecule has 0 aliphatic heterocycles. The average molecular weight is 226 g/mol. The minimum Gasteiger partial charge on any atom is -0.494 e. The predicted octanol–water partition coefficient (Wildman–Crippen LogP) is 3.29. The molecule has 15 heavy (non-hydrogen) atoms. The SMILES string of the molecule is CCOc1cccc(NC/C=C/CCl)c1. The van der Waals surface area contributed by atoms with E-state index in [1.165, 1.54) is 0 Å². The Kier molecular flexibility index (Phi) is 5.71. The summed E-state index contributed by atoms with van der Waals surface area (Å²) in [5.74, 6) is 1.45. The largest absolute Gasteiger partial charge is 0.494 e. The van der Waals surface area contributed by atoms with Crippen molar-refractivity contribution in [1.29, 1.82) is 0 Å². The fourth-order valence-corrected chi connectivity index (χ4v) is 1.31. The number of ether oxygens (including phenoxy) is 1. The molecule has 1 rings (SSSR count). The van der Waals surface area contributed by atoms with E-state index in [1.54, 1.807) is 0 Å². The van der Waals surface area contributed by atoms with Gasteiger partial charge in [-0.25, -0.2) is 0 Å². The number of benzene rings is 1. The molecule has 1 aromatic rings. The van der Waals surface area contributed by atoms with Gasteiger partial charge in [-0.2, -0.15) is 0 Å². The van der Waals surface area contributed by atoms with Crippen LogP contribution in [0.2, 0.25) is 0 Å². The van der Waals surface area contributed by atoms with Crippen molar-refractivity contribution in [2.24, 2.45) is 0 Å². The van der Waals surface area contributed by atoms with Crippen LogP contribution in [0.1, 0.15) is 6.92 Å². The van der Waals surface area contributed by atoms with E-state index in [9.17, 15) is 0 Å². The molecule has 0 heterocycles. The Balaban J connectivity index is 2.46. The van der Waals surface area contributed by atoms with E-state index in [4.69, 9.17) is 16.3 Å². The summed E-state index contributed by atoms with van der Waals surface area (Å²) in [4.78, 5) is 0. The van der Waals surface area contributed by atoms with Gasteiger partial charge in [0.2, 0.25) is 0 Å². The second-order valence-corrected chi connectivity index (χ2v) is 3.28. The molecule has 0 spiro atoms. The first-order chi connectivity index (χ1) is 7.36. The lowest BCUT2D eigenvalue weighted by molar-refractivity contribution is 0.340. The minimum absolute atomic E-state index is 0.556. The summed E-state index contributed by atoms with van der Waals surface area (Å²) in [7, 11) is 0. The van der Waals surface area contributed by atoms with Crippen molar-refractivity contribution in [2.45, 2.75) is 6.92 Å². The number of hydrogen-bond donors (Lipinski definition) is 1. The number of alkyl halides is 1. The molecular formula is C12H16ClNO. The summed E-state index contributed by atoms with van der Waals surface area (Å²) in [6, 6.07) is 7.91. The molecule has 0 aromatic heterocycles. The zero-order chi connectivity index (χ0) is 10.9. The zero-order valence-electron chi connectivity index (χ0n) is 8.87. The van der Waals surface area contributed by atoms with Crippen LogP contribution in [-0.4, -0.2) is 19.0 Å². The molecule has 0 radical (unpaired) electrons. The molecule has 0 unspecified atom stereocenters. The maximum Gasteiger partial charge on any atom is 0.121 e. The Labute approximate surface area is 95.9 Å². The van der Waals surface area contributed by atoms with E-state index in [-0.39, 0.29) is 0 Å². The van der Waals surface area contributed by atoms with E-state index in [2.05, 4.69) is 5.32 Å². The van der Waals surface area contributed by atoms with Crippen LogP contribution < -0.4 is 10.1 Å². The molecule has 0 aliphatic rings. The molecule has 0 saturated heterocycles. The lowest BCUT2D eigenvalue weighted by Crippen LogP contribution is -1.99. The van der Waals surface area contributed by atoms with Gasteiger partial charge in [0.25, 0.3) is 0 Å². The second-order valence-electron chi connectivity index (χ2n) is 2.97. The van der Waals surface area contributed by atoms with Crippen LogP contribution in [0.5, 0.6) is 5.75 Å². The molecule has 2 nitrogen and oxygen atoms in total. The molecule has 0 bridgehead atoms. The predicted molar refractivity (Wildman–Crippen MR) is 66.0 cm³/mol. The van der Waals surface area contributed by atoms with Crippen molar-refractivity contribution in [1.82, 2.24) is 0 Å². The van der Waals surface area contributed by atoms with Gasteiger partial charge in [0.1, 0.15) is 5.75 Å². The Morgan fingerprint density at radius 2 is 2.27 bits per heavy atom. The maximum atomic E-state index is 5.52. The number of halogens is 1. The number of allylic oxidation sites excluding steroid dienone is 1.